The molecule has 0 aromatic carbocycles. The molecule has 0 bridgehead atoms. The molecule has 0 aromatic rings. The number of azide groups is 1. The van der Waals surface area contributed by atoms with E-state index in [1.165, 1.54) is 0 Å². The van der Waals surface area contributed by atoms with Crippen molar-refractivity contribution < 1.29 is 23.7 Å². The van der Waals surface area contributed by atoms with E-state index in [2.05, 4.69) is 14.9 Å². The van der Waals surface area contributed by atoms with Gasteiger partial charge in [0.1, 0.15) is 0 Å². The summed E-state index contributed by atoms with van der Waals surface area (Å²) in [5, 5.41) is 3.36. The largest absolute Gasteiger partial charge is 0.379 e. The maximum Gasteiger partial charge on any atom is 0.0701 e. The fraction of sp³-hybridized carbons (Fsp3) is 1.00. The maximum absolute atomic E-state index is 8.06. The average molecular weight is 334 g/mol. The molecule has 0 saturated carbocycles. The highest BCUT2D eigenvalue weighted by Gasteiger charge is 1.94. The van der Waals surface area contributed by atoms with Gasteiger partial charge in [-0.3, -0.25) is 0 Å². The number of likely N-dealkylation sites (N-methyl/N-ethyl adjacent to an activating group) is 1. The first-order valence-electron chi connectivity index (χ1n) is 7.81. The molecule has 0 aliphatic carbocycles. The monoisotopic (exact) mass is 334 g/mol. The summed E-state index contributed by atoms with van der Waals surface area (Å²) in [6, 6.07) is 0. The molecule has 136 valence electrons. The van der Waals surface area contributed by atoms with Gasteiger partial charge in [-0.15, -0.1) is 0 Å². The van der Waals surface area contributed by atoms with Gasteiger partial charge in [-0.1, -0.05) is 5.11 Å². The molecule has 0 atom stereocenters. The SMILES string of the molecule is CN(C)CCOCCOCCOCCOCCOCCN=[N+]=[N-]. The molecule has 0 saturated heterocycles. The van der Waals surface area contributed by atoms with Crippen LogP contribution >= 0.6 is 0 Å². The molecule has 0 fully saturated rings. The Kier molecular flexibility index (Phi) is 18.3. The number of hydrogen-bond donors (Lipinski definition) is 0. The van der Waals surface area contributed by atoms with Crippen LogP contribution in [0.4, 0.5) is 0 Å². The molecule has 0 N–H and O–H groups in total. The van der Waals surface area contributed by atoms with E-state index in [0.29, 0.717) is 66.0 Å². The van der Waals surface area contributed by atoms with E-state index in [4.69, 9.17) is 29.2 Å². The fourth-order valence-electron chi connectivity index (χ4n) is 1.38. The van der Waals surface area contributed by atoms with E-state index < -0.39 is 0 Å². The van der Waals surface area contributed by atoms with Gasteiger partial charge < -0.3 is 28.6 Å². The first-order valence-corrected chi connectivity index (χ1v) is 7.81. The van der Waals surface area contributed by atoms with Crippen molar-refractivity contribution >= 4 is 0 Å². The Hall–Kier alpha value is -0.930. The Balaban J connectivity index is 2.98. The van der Waals surface area contributed by atoms with E-state index in [9.17, 15) is 0 Å². The summed E-state index contributed by atoms with van der Waals surface area (Å²) in [6.07, 6.45) is 0. The molecule has 9 heteroatoms. The van der Waals surface area contributed by atoms with E-state index >= 15 is 0 Å². The zero-order valence-electron chi connectivity index (χ0n) is 14.3. The Bertz CT molecular complexity index is 288. The van der Waals surface area contributed by atoms with Crippen LogP contribution in [-0.2, 0) is 23.7 Å². The Morgan fingerprint density at radius 1 is 0.696 bits per heavy atom. The summed E-state index contributed by atoms with van der Waals surface area (Å²) in [7, 11) is 4.03. The van der Waals surface area contributed by atoms with Crippen LogP contribution in [0.2, 0.25) is 0 Å². The highest BCUT2D eigenvalue weighted by molar-refractivity contribution is 4.44. The van der Waals surface area contributed by atoms with Crippen LogP contribution in [0.1, 0.15) is 0 Å². The van der Waals surface area contributed by atoms with Gasteiger partial charge in [0, 0.05) is 18.0 Å². The molecule has 0 amide bonds. The summed E-state index contributed by atoms with van der Waals surface area (Å²) in [5.41, 5.74) is 8.06. The highest BCUT2D eigenvalue weighted by atomic mass is 16.6. The molecule has 0 aromatic heterocycles. The van der Waals surface area contributed by atoms with Gasteiger partial charge in [0.25, 0.3) is 0 Å². The van der Waals surface area contributed by atoms with E-state index in [-0.39, 0.29) is 0 Å². The van der Waals surface area contributed by atoms with Crippen molar-refractivity contribution in [2.75, 3.05) is 93.3 Å². The number of nitrogens with zero attached hydrogens (tertiary/aromatic N) is 4. The average Bonchev–Trinajstić information content (AvgIpc) is 2.53. The van der Waals surface area contributed by atoms with Gasteiger partial charge in [0.05, 0.1) is 66.1 Å². The molecule has 0 heterocycles. The zero-order valence-corrected chi connectivity index (χ0v) is 14.3. The molecule has 0 aliphatic heterocycles. The third-order valence-corrected chi connectivity index (χ3v) is 2.57. The van der Waals surface area contributed by atoms with Crippen molar-refractivity contribution in [2.45, 2.75) is 0 Å². The van der Waals surface area contributed by atoms with Crippen LogP contribution in [0.3, 0.4) is 0 Å². The second-order valence-corrected chi connectivity index (χ2v) is 4.82. The summed E-state index contributed by atoms with van der Waals surface area (Å²) < 4.78 is 26.6. The van der Waals surface area contributed by atoms with Gasteiger partial charge in [0.15, 0.2) is 0 Å². The predicted molar refractivity (Wildman–Crippen MR) is 86.7 cm³/mol. The van der Waals surface area contributed by atoms with Crippen LogP contribution in [0.15, 0.2) is 5.11 Å². The number of rotatable bonds is 18. The standard InChI is InChI=1S/C14H30N4O5/c1-18(2)4-6-20-8-10-22-12-14-23-13-11-21-9-7-19-5-3-16-17-15/h3-14H2,1-2H3. The van der Waals surface area contributed by atoms with Crippen molar-refractivity contribution in [3.8, 4) is 0 Å². The maximum atomic E-state index is 8.06. The third-order valence-electron chi connectivity index (χ3n) is 2.57. The number of hydrogen-bond acceptors (Lipinski definition) is 7. The summed E-state index contributed by atoms with van der Waals surface area (Å²) in [5.74, 6) is 0. The lowest BCUT2D eigenvalue weighted by molar-refractivity contribution is -0.0112. The van der Waals surface area contributed by atoms with Gasteiger partial charge in [0.2, 0.25) is 0 Å². The lowest BCUT2D eigenvalue weighted by Gasteiger charge is -2.10. The summed E-state index contributed by atoms with van der Waals surface area (Å²) in [6.45, 7) is 6.73. The molecule has 0 radical (unpaired) electrons. The van der Waals surface area contributed by atoms with Crippen LogP contribution in [0.25, 0.3) is 10.4 Å². The summed E-state index contributed by atoms with van der Waals surface area (Å²) >= 11 is 0. The van der Waals surface area contributed by atoms with E-state index in [1.54, 1.807) is 0 Å². The minimum atomic E-state index is 0.348. The van der Waals surface area contributed by atoms with Crippen LogP contribution in [0, 0.1) is 0 Å². The van der Waals surface area contributed by atoms with E-state index in [1.807, 2.05) is 14.1 Å². The molecular formula is C14H30N4O5. The number of ether oxygens (including phenoxy) is 5. The molecule has 23 heavy (non-hydrogen) atoms. The normalized spacial score (nSPS) is 10.9. The summed E-state index contributed by atoms with van der Waals surface area (Å²) in [4.78, 5) is 4.70. The van der Waals surface area contributed by atoms with Crippen molar-refractivity contribution in [1.82, 2.24) is 4.90 Å². The molecule has 0 spiro atoms. The molecule has 0 rings (SSSR count). The molecule has 9 nitrogen and oxygen atoms in total. The Labute approximate surface area is 138 Å². The molecular weight excluding hydrogens is 304 g/mol. The van der Waals surface area contributed by atoms with Crippen LogP contribution in [0.5, 0.6) is 0 Å². The second-order valence-electron chi connectivity index (χ2n) is 4.82. The predicted octanol–water partition coefficient (Wildman–Crippen LogP) is 0.941. The Morgan fingerprint density at radius 2 is 1.09 bits per heavy atom. The lowest BCUT2D eigenvalue weighted by atomic mass is 10.6. The minimum Gasteiger partial charge on any atom is -0.379 e. The van der Waals surface area contributed by atoms with Gasteiger partial charge >= 0.3 is 0 Å². The topological polar surface area (TPSA) is 98.1 Å². The van der Waals surface area contributed by atoms with Crippen molar-refractivity contribution in [1.29, 1.82) is 0 Å². The third kappa shape index (κ3) is 21.1. The van der Waals surface area contributed by atoms with Crippen molar-refractivity contribution in [3.05, 3.63) is 10.4 Å². The quantitative estimate of drug-likeness (QED) is 0.160. The van der Waals surface area contributed by atoms with Gasteiger partial charge in [-0.25, -0.2) is 0 Å². The van der Waals surface area contributed by atoms with Crippen LogP contribution in [-0.4, -0.2) is 98.2 Å². The smallest absolute Gasteiger partial charge is 0.0701 e. The van der Waals surface area contributed by atoms with Gasteiger partial charge in [-0.2, -0.15) is 0 Å². The first-order chi connectivity index (χ1) is 11.3. The molecule has 0 unspecified atom stereocenters. The van der Waals surface area contributed by atoms with Crippen molar-refractivity contribution in [3.63, 3.8) is 0 Å². The van der Waals surface area contributed by atoms with E-state index in [0.717, 1.165) is 13.2 Å². The highest BCUT2D eigenvalue weighted by Crippen LogP contribution is 1.84. The lowest BCUT2D eigenvalue weighted by Crippen LogP contribution is -2.19. The second kappa shape index (κ2) is 19.1. The zero-order chi connectivity index (χ0) is 17.0. The minimum absolute atomic E-state index is 0.348. The first kappa shape index (κ1) is 22.1. The van der Waals surface area contributed by atoms with Crippen molar-refractivity contribution in [2.24, 2.45) is 5.11 Å². The molecule has 0 aliphatic rings. The van der Waals surface area contributed by atoms with Gasteiger partial charge in [-0.05, 0) is 19.6 Å². The van der Waals surface area contributed by atoms with Crippen LogP contribution < -0.4 is 0 Å². The fourth-order valence-corrected chi connectivity index (χ4v) is 1.38. The Morgan fingerprint density at radius 3 is 1.48 bits per heavy atom.